The van der Waals surface area contributed by atoms with Crippen LogP contribution < -0.4 is 30.1 Å². The van der Waals surface area contributed by atoms with Crippen molar-refractivity contribution in [3.63, 3.8) is 0 Å². The van der Waals surface area contributed by atoms with Crippen LogP contribution >= 0.6 is 0 Å². The van der Waals surface area contributed by atoms with Gasteiger partial charge in [0.1, 0.15) is 23.9 Å². The SMILES string of the molecule is Cc1c(N2CCc3cnc(Nc4ccc([C@@H](C)C(=O)N5CCN(C6CN(c7ccc8c(c7)C(=O)N(C7CCC(=O)NC7=O)C8=O)C6)CC5)cc4)nc3C2)cnc2c1N(C(=O)OC(C)(C)C)CCO2. The van der Waals surface area contributed by atoms with Gasteiger partial charge in [-0.25, -0.2) is 19.7 Å². The molecule has 2 aromatic carbocycles. The fourth-order valence-electron chi connectivity index (χ4n) is 9.98. The highest BCUT2D eigenvalue weighted by Crippen LogP contribution is 2.40. The molecule has 3 saturated heterocycles. The molecule has 19 nitrogen and oxygen atoms in total. The van der Waals surface area contributed by atoms with E-state index in [0.717, 1.165) is 83.5 Å². The van der Waals surface area contributed by atoms with Crippen molar-refractivity contribution in [2.75, 3.05) is 79.0 Å². The maximum absolute atomic E-state index is 13.8. The van der Waals surface area contributed by atoms with Crippen molar-refractivity contribution in [2.24, 2.45) is 0 Å². The Morgan fingerprint density at radius 3 is 2.37 bits per heavy atom. The number of carbonyl (C=O) groups is 6. The van der Waals surface area contributed by atoms with Gasteiger partial charge in [-0.1, -0.05) is 12.1 Å². The van der Waals surface area contributed by atoms with Crippen molar-refractivity contribution in [2.45, 2.75) is 84.0 Å². The van der Waals surface area contributed by atoms with Gasteiger partial charge in [-0.05, 0) is 88.9 Å². The summed E-state index contributed by atoms with van der Waals surface area (Å²) in [6.45, 7) is 15.7. The molecular weight excluding hydrogens is 871 g/mol. The molecule has 3 fully saturated rings. The minimum atomic E-state index is -0.998. The summed E-state index contributed by atoms with van der Waals surface area (Å²) in [5.74, 6) is -1.42. The van der Waals surface area contributed by atoms with E-state index in [4.69, 9.17) is 14.5 Å². The summed E-state index contributed by atoms with van der Waals surface area (Å²) >= 11 is 0. The summed E-state index contributed by atoms with van der Waals surface area (Å²) in [6, 6.07) is 12.3. The number of piperidine rings is 1. The number of aromatic nitrogens is 3. The second-order valence-electron chi connectivity index (χ2n) is 19.3. The Morgan fingerprint density at radius 1 is 0.882 bits per heavy atom. The Balaban J connectivity index is 0.709. The zero-order valence-electron chi connectivity index (χ0n) is 38.9. The van der Waals surface area contributed by atoms with Crippen molar-refractivity contribution in [1.82, 2.24) is 35.0 Å². The third kappa shape index (κ3) is 8.43. The first-order valence-electron chi connectivity index (χ1n) is 23.3. The van der Waals surface area contributed by atoms with E-state index in [1.165, 1.54) is 0 Å². The number of carbonyl (C=O) groups excluding carboxylic acids is 6. The number of nitrogens with one attached hydrogen (secondary N) is 2. The largest absolute Gasteiger partial charge is 0.474 e. The second-order valence-corrected chi connectivity index (χ2v) is 19.3. The molecule has 2 N–H and O–H groups in total. The summed E-state index contributed by atoms with van der Waals surface area (Å²) in [4.78, 5) is 103. The van der Waals surface area contributed by atoms with E-state index in [1.54, 1.807) is 23.2 Å². The van der Waals surface area contributed by atoms with Crippen molar-refractivity contribution >= 4 is 64.3 Å². The molecule has 8 heterocycles. The van der Waals surface area contributed by atoms with Crippen LogP contribution in [0.2, 0.25) is 0 Å². The number of fused-ring (bicyclic) bond motifs is 3. The maximum Gasteiger partial charge on any atom is 0.415 e. The lowest BCUT2D eigenvalue weighted by Gasteiger charge is -2.49. The molecule has 68 heavy (non-hydrogen) atoms. The number of rotatable bonds is 8. The van der Waals surface area contributed by atoms with Crippen LogP contribution in [-0.4, -0.2) is 142 Å². The number of amides is 6. The Kier molecular flexibility index (Phi) is 11.5. The highest BCUT2D eigenvalue weighted by atomic mass is 16.6. The van der Waals surface area contributed by atoms with Gasteiger partial charge >= 0.3 is 6.09 Å². The van der Waals surface area contributed by atoms with Gasteiger partial charge in [0.15, 0.2) is 0 Å². The Labute approximate surface area is 393 Å². The highest BCUT2D eigenvalue weighted by molar-refractivity contribution is 6.23. The number of piperazine rings is 1. The molecule has 0 radical (unpaired) electrons. The highest BCUT2D eigenvalue weighted by Gasteiger charge is 2.45. The molecule has 0 spiro atoms. The quantitative estimate of drug-likeness (QED) is 0.239. The van der Waals surface area contributed by atoms with Crippen molar-refractivity contribution in [3.05, 3.63) is 88.4 Å². The topological polar surface area (TPSA) is 203 Å². The number of imide groups is 2. The van der Waals surface area contributed by atoms with Gasteiger partial charge in [0.25, 0.3) is 11.8 Å². The zero-order chi connectivity index (χ0) is 47.6. The van der Waals surface area contributed by atoms with Crippen molar-refractivity contribution in [3.8, 4) is 5.88 Å². The molecule has 10 rings (SSSR count). The van der Waals surface area contributed by atoms with E-state index < -0.39 is 41.4 Å². The normalized spacial score (nSPS) is 20.2. The zero-order valence-corrected chi connectivity index (χ0v) is 38.9. The van der Waals surface area contributed by atoms with Gasteiger partial charge in [-0.15, -0.1) is 0 Å². The van der Waals surface area contributed by atoms with Gasteiger partial charge in [0, 0.05) is 81.4 Å². The molecule has 19 heteroatoms. The number of benzene rings is 2. The van der Waals surface area contributed by atoms with Crippen molar-refractivity contribution in [1.29, 1.82) is 0 Å². The van der Waals surface area contributed by atoms with E-state index in [0.29, 0.717) is 50.3 Å². The van der Waals surface area contributed by atoms with Crippen LogP contribution in [0.3, 0.4) is 0 Å². The predicted molar refractivity (Wildman–Crippen MR) is 250 cm³/mol. The van der Waals surface area contributed by atoms with Crippen LogP contribution in [0.25, 0.3) is 0 Å². The molecule has 2 aromatic heterocycles. The molecule has 6 aliphatic rings. The number of hydrogen-bond donors (Lipinski definition) is 2. The molecule has 4 aromatic rings. The van der Waals surface area contributed by atoms with Gasteiger partial charge in [-0.2, -0.15) is 0 Å². The lowest BCUT2D eigenvalue weighted by atomic mass is 9.98. The van der Waals surface area contributed by atoms with E-state index in [2.05, 4.69) is 35.3 Å². The van der Waals surface area contributed by atoms with E-state index >= 15 is 0 Å². The first-order chi connectivity index (χ1) is 32.6. The smallest absolute Gasteiger partial charge is 0.415 e. The van der Waals surface area contributed by atoms with Crippen molar-refractivity contribution < 1.29 is 38.2 Å². The van der Waals surface area contributed by atoms with E-state index in [9.17, 15) is 28.8 Å². The predicted octanol–water partition coefficient (Wildman–Crippen LogP) is 4.16. The van der Waals surface area contributed by atoms with Crippen LogP contribution in [-0.2, 0) is 32.1 Å². The molecule has 0 aliphatic carbocycles. The average Bonchev–Trinajstić information content (AvgIpc) is 3.55. The number of ether oxygens (including phenoxy) is 2. The Hall–Kier alpha value is -7.15. The standard InChI is InChI=1S/C49H55N11O8/c1-28(44(63)56-18-16-55(17-19-56)34-25-58(26-34)33-10-11-35-36(22-33)46(65)60(45(35)64)38-12-13-40(61)54-42(38)62)30-6-8-32(9-7-30)52-47-51-23-31-14-15-57(27-37(31)53-47)39-24-50-43-41(29(39)2)59(20-21-67-43)48(66)68-49(3,4)5/h6-11,22-24,28,34,38H,12-21,25-27H2,1-5H3,(H,51,52,53)(H,54,61,62)/t28-,38?/m1/s1. The van der Waals surface area contributed by atoms with Crippen LogP contribution in [0.4, 0.5) is 33.5 Å². The molecule has 2 atom stereocenters. The summed E-state index contributed by atoms with van der Waals surface area (Å²) in [6.07, 6.45) is 4.17. The van der Waals surface area contributed by atoms with Gasteiger partial charge < -0.3 is 29.5 Å². The summed E-state index contributed by atoms with van der Waals surface area (Å²) in [7, 11) is 0. The van der Waals surface area contributed by atoms with Crippen LogP contribution in [0.5, 0.6) is 5.88 Å². The fraction of sp³-hybridized carbons (Fsp3) is 0.449. The third-order valence-electron chi connectivity index (χ3n) is 13.8. The molecular formula is C49H55N11O8. The summed E-state index contributed by atoms with van der Waals surface area (Å²) in [5.41, 5.74) is 6.81. The lowest BCUT2D eigenvalue weighted by Crippen LogP contribution is -2.63. The van der Waals surface area contributed by atoms with Gasteiger partial charge in [-0.3, -0.25) is 44.0 Å². The molecule has 0 bridgehead atoms. The first kappa shape index (κ1) is 44.7. The Morgan fingerprint density at radius 2 is 1.63 bits per heavy atom. The summed E-state index contributed by atoms with van der Waals surface area (Å²) < 4.78 is 11.6. The average molecular weight is 926 g/mol. The van der Waals surface area contributed by atoms with E-state index in [-0.39, 0.29) is 41.8 Å². The number of pyridine rings is 1. The number of nitrogens with zero attached hydrogens (tertiary/aromatic N) is 9. The molecule has 6 aliphatic heterocycles. The van der Waals surface area contributed by atoms with E-state index in [1.807, 2.05) is 76.0 Å². The molecule has 354 valence electrons. The number of hydrogen-bond acceptors (Lipinski definition) is 15. The molecule has 0 saturated carbocycles. The first-order valence-corrected chi connectivity index (χ1v) is 23.3. The molecule has 6 amide bonds. The minimum absolute atomic E-state index is 0.0730. The summed E-state index contributed by atoms with van der Waals surface area (Å²) in [5, 5.41) is 5.58. The third-order valence-corrected chi connectivity index (χ3v) is 13.8. The fourth-order valence-corrected chi connectivity index (χ4v) is 9.98. The van der Waals surface area contributed by atoms with Crippen LogP contribution in [0.1, 0.15) is 89.6 Å². The van der Waals surface area contributed by atoms with Gasteiger partial charge in [0.2, 0.25) is 29.5 Å². The second kappa shape index (κ2) is 17.5. The Bertz CT molecular complexity index is 2730. The minimum Gasteiger partial charge on any atom is -0.474 e. The van der Waals surface area contributed by atoms with Crippen LogP contribution in [0, 0.1) is 6.92 Å². The van der Waals surface area contributed by atoms with Crippen LogP contribution in [0.15, 0.2) is 54.9 Å². The lowest BCUT2D eigenvalue weighted by molar-refractivity contribution is -0.136. The van der Waals surface area contributed by atoms with Gasteiger partial charge in [0.05, 0.1) is 47.7 Å². The number of anilines is 5. The monoisotopic (exact) mass is 925 g/mol. The molecule has 1 unspecified atom stereocenters. The maximum atomic E-state index is 13.8.